The van der Waals surface area contributed by atoms with Gasteiger partial charge in [-0.3, -0.25) is 14.7 Å². The Balaban J connectivity index is 1.46. The topological polar surface area (TPSA) is 45.2 Å². The number of carbonyl (C=O) groups is 1. The van der Waals surface area contributed by atoms with Crippen LogP contribution in [0.1, 0.15) is 40.5 Å². The minimum absolute atomic E-state index is 0.107. The van der Waals surface area contributed by atoms with Gasteiger partial charge in [-0.15, -0.1) is 0 Å². The second-order valence-corrected chi connectivity index (χ2v) is 8.04. The van der Waals surface area contributed by atoms with E-state index in [2.05, 4.69) is 15.2 Å². The molecule has 0 spiro atoms. The number of amides is 1. The highest BCUT2D eigenvalue weighted by Crippen LogP contribution is 2.31. The number of nitrogens with one attached hydrogen (secondary N) is 1. The van der Waals surface area contributed by atoms with Gasteiger partial charge in [0, 0.05) is 23.9 Å². The quantitative estimate of drug-likeness (QED) is 0.595. The molecule has 1 aromatic heterocycles. The van der Waals surface area contributed by atoms with Crippen molar-refractivity contribution in [3.63, 3.8) is 0 Å². The van der Waals surface area contributed by atoms with Crippen LogP contribution >= 0.6 is 0 Å². The summed E-state index contributed by atoms with van der Waals surface area (Å²) in [6.45, 7) is 1.69. The number of carbonyl (C=O) groups excluding carboxylic acids is 1. The van der Waals surface area contributed by atoms with Gasteiger partial charge in [0.1, 0.15) is 5.82 Å². The highest BCUT2D eigenvalue weighted by atomic mass is 19.2. The van der Waals surface area contributed by atoms with E-state index >= 15 is 0 Å². The van der Waals surface area contributed by atoms with E-state index < -0.39 is 17.5 Å². The minimum Gasteiger partial charge on any atom is -0.343 e. The number of nitrogens with zero attached hydrogens (tertiary/aromatic N) is 2. The van der Waals surface area contributed by atoms with Crippen LogP contribution in [0.4, 0.5) is 13.2 Å². The average molecular weight is 439 g/mol. The van der Waals surface area contributed by atoms with E-state index in [4.69, 9.17) is 0 Å². The van der Waals surface area contributed by atoms with Crippen molar-refractivity contribution in [3.05, 3.63) is 101 Å². The molecule has 1 saturated heterocycles. The molecule has 2 heterocycles. The molecule has 7 heteroatoms. The number of halogens is 3. The zero-order valence-electron chi connectivity index (χ0n) is 17.5. The fourth-order valence-corrected chi connectivity index (χ4v) is 4.20. The maximum Gasteiger partial charge on any atom is 0.251 e. The molecule has 4 nitrogen and oxygen atoms in total. The first-order chi connectivity index (χ1) is 15.5. The van der Waals surface area contributed by atoms with Gasteiger partial charge in [-0.05, 0) is 68.2 Å². The van der Waals surface area contributed by atoms with Crippen LogP contribution < -0.4 is 5.32 Å². The maximum absolute atomic E-state index is 14.0. The minimum atomic E-state index is -0.840. The van der Waals surface area contributed by atoms with Gasteiger partial charge in [0.15, 0.2) is 11.6 Å². The molecule has 0 unspecified atom stereocenters. The molecule has 1 aliphatic rings. The smallest absolute Gasteiger partial charge is 0.251 e. The van der Waals surface area contributed by atoms with E-state index in [9.17, 15) is 18.0 Å². The van der Waals surface area contributed by atoms with Crippen LogP contribution in [0, 0.1) is 23.4 Å². The van der Waals surface area contributed by atoms with Gasteiger partial charge >= 0.3 is 0 Å². The summed E-state index contributed by atoms with van der Waals surface area (Å²) in [4.78, 5) is 19.3. The third-order valence-electron chi connectivity index (χ3n) is 5.91. The van der Waals surface area contributed by atoms with Crippen LogP contribution in [-0.4, -0.2) is 28.9 Å². The monoisotopic (exact) mass is 439 g/mol. The van der Waals surface area contributed by atoms with E-state index in [0.29, 0.717) is 25.2 Å². The lowest BCUT2D eigenvalue weighted by molar-refractivity contribution is 0.0887. The highest BCUT2D eigenvalue weighted by Gasteiger charge is 2.30. The zero-order valence-corrected chi connectivity index (χ0v) is 17.5. The maximum atomic E-state index is 14.0. The normalized spacial score (nSPS) is 16.0. The fraction of sp³-hybridized carbons (Fsp3) is 0.280. The lowest BCUT2D eigenvalue weighted by Crippen LogP contribution is -2.41. The first kappa shape index (κ1) is 22.0. The van der Waals surface area contributed by atoms with E-state index in [1.54, 1.807) is 18.3 Å². The second-order valence-electron chi connectivity index (χ2n) is 8.04. The van der Waals surface area contributed by atoms with E-state index in [1.165, 1.54) is 24.3 Å². The molecule has 0 aliphatic carbocycles. The van der Waals surface area contributed by atoms with Crippen LogP contribution in [0.5, 0.6) is 0 Å². The number of hydrogen-bond donors (Lipinski definition) is 1. The van der Waals surface area contributed by atoms with Crippen LogP contribution in [0.25, 0.3) is 0 Å². The van der Waals surface area contributed by atoms with E-state index in [1.807, 2.05) is 18.2 Å². The molecule has 1 N–H and O–H groups in total. The van der Waals surface area contributed by atoms with E-state index in [-0.39, 0.29) is 23.4 Å². The van der Waals surface area contributed by atoms with Crippen molar-refractivity contribution in [2.45, 2.75) is 25.4 Å². The Kier molecular flexibility index (Phi) is 6.85. The first-order valence-electron chi connectivity index (χ1n) is 10.6. The summed E-state index contributed by atoms with van der Waals surface area (Å²) in [5, 5.41) is 3.03. The van der Waals surface area contributed by atoms with Gasteiger partial charge < -0.3 is 5.32 Å². The number of benzene rings is 2. The predicted molar refractivity (Wildman–Crippen MR) is 115 cm³/mol. The van der Waals surface area contributed by atoms with Crippen molar-refractivity contribution in [3.8, 4) is 0 Å². The number of pyridine rings is 1. The molecule has 1 amide bonds. The summed E-state index contributed by atoms with van der Waals surface area (Å²) in [6.07, 6.45) is 3.18. The van der Waals surface area contributed by atoms with Crippen LogP contribution in [-0.2, 0) is 6.54 Å². The fourth-order valence-electron chi connectivity index (χ4n) is 4.20. The summed E-state index contributed by atoms with van der Waals surface area (Å²) >= 11 is 0. The number of rotatable bonds is 6. The Morgan fingerprint density at radius 2 is 1.81 bits per heavy atom. The zero-order chi connectivity index (χ0) is 22.5. The summed E-state index contributed by atoms with van der Waals surface area (Å²) < 4.78 is 41.1. The largest absolute Gasteiger partial charge is 0.343 e. The molecular weight excluding hydrogens is 415 g/mol. The predicted octanol–water partition coefficient (Wildman–Crippen LogP) is 4.88. The summed E-state index contributed by atoms with van der Waals surface area (Å²) in [5.74, 6) is -2.36. The van der Waals surface area contributed by atoms with Crippen molar-refractivity contribution in [1.82, 2.24) is 15.2 Å². The summed E-state index contributed by atoms with van der Waals surface area (Å²) in [6, 6.07) is 15.0. The van der Waals surface area contributed by atoms with Crippen molar-refractivity contribution in [2.24, 2.45) is 5.92 Å². The summed E-state index contributed by atoms with van der Waals surface area (Å²) in [7, 11) is 0. The van der Waals surface area contributed by atoms with Gasteiger partial charge in [0.2, 0.25) is 0 Å². The van der Waals surface area contributed by atoms with Crippen LogP contribution in [0.3, 0.4) is 0 Å². The molecular formula is C25H24F3N3O. The third-order valence-corrected chi connectivity index (χ3v) is 5.91. The molecule has 0 radical (unpaired) electrons. The van der Waals surface area contributed by atoms with Crippen LogP contribution in [0.15, 0.2) is 66.9 Å². The lowest BCUT2D eigenvalue weighted by Gasteiger charge is -2.36. The Bertz CT molecular complexity index is 1070. The lowest BCUT2D eigenvalue weighted by atomic mass is 9.87. The standard InChI is InChI=1S/C25H24F3N3O/c26-20-7-3-5-18(15-20)25(32)30-24(22-9-1-2-12-29-22)17-10-13-31(14-11-17)16-19-6-4-8-21(27)23(19)28/h1-9,12,15,17,24H,10-11,13-14,16H2,(H,30,32)/t24-/m0/s1. The Morgan fingerprint density at radius 3 is 2.53 bits per heavy atom. The molecule has 1 aliphatic heterocycles. The van der Waals surface area contributed by atoms with Crippen molar-refractivity contribution in [1.29, 1.82) is 0 Å². The molecule has 0 bridgehead atoms. The molecule has 32 heavy (non-hydrogen) atoms. The molecule has 1 fully saturated rings. The highest BCUT2D eigenvalue weighted by molar-refractivity contribution is 5.94. The molecule has 3 aromatic rings. The molecule has 4 rings (SSSR count). The van der Waals surface area contributed by atoms with Gasteiger partial charge in [0.05, 0.1) is 11.7 Å². The number of piperidine rings is 1. The van der Waals surface area contributed by atoms with Gasteiger partial charge in [-0.25, -0.2) is 13.2 Å². The van der Waals surface area contributed by atoms with Crippen molar-refractivity contribution in [2.75, 3.05) is 13.1 Å². The number of aromatic nitrogens is 1. The van der Waals surface area contributed by atoms with Crippen molar-refractivity contribution >= 4 is 5.91 Å². The van der Waals surface area contributed by atoms with Gasteiger partial charge in [-0.2, -0.15) is 0 Å². The number of hydrogen-bond acceptors (Lipinski definition) is 3. The molecule has 2 aromatic carbocycles. The molecule has 166 valence electrons. The summed E-state index contributed by atoms with van der Waals surface area (Å²) in [5.41, 5.74) is 1.33. The van der Waals surface area contributed by atoms with Crippen LogP contribution in [0.2, 0.25) is 0 Å². The van der Waals surface area contributed by atoms with Gasteiger partial charge in [-0.1, -0.05) is 24.3 Å². The third kappa shape index (κ3) is 5.16. The average Bonchev–Trinajstić information content (AvgIpc) is 2.81. The van der Waals surface area contributed by atoms with Gasteiger partial charge in [0.25, 0.3) is 5.91 Å². The Labute approximate surface area is 185 Å². The van der Waals surface area contributed by atoms with E-state index in [0.717, 1.165) is 24.6 Å². The number of likely N-dealkylation sites (tertiary alicyclic amines) is 1. The molecule has 0 saturated carbocycles. The molecule has 1 atom stereocenters. The SMILES string of the molecule is O=C(N[C@H](c1ccccn1)C1CCN(Cc2cccc(F)c2F)CC1)c1cccc(F)c1. The first-order valence-corrected chi connectivity index (χ1v) is 10.6. The Hall–Kier alpha value is -3.19. The Morgan fingerprint density at radius 1 is 1.03 bits per heavy atom. The second kappa shape index (κ2) is 9.96. The van der Waals surface area contributed by atoms with Crippen molar-refractivity contribution < 1.29 is 18.0 Å².